The third kappa shape index (κ3) is 3.76. The monoisotopic (exact) mass is 280 g/mol. The third-order valence-corrected chi connectivity index (χ3v) is 2.74. The molecule has 0 radical (unpaired) electrons. The van der Waals surface area contributed by atoms with Crippen molar-refractivity contribution in [2.75, 3.05) is 0 Å². The van der Waals surface area contributed by atoms with Crippen LogP contribution in [0.15, 0.2) is 53.6 Å². The Bertz CT molecular complexity index is 585. The molecule has 5 heteroatoms. The zero-order chi connectivity index (χ0) is 13.7. The van der Waals surface area contributed by atoms with E-state index in [-0.39, 0.29) is 10.7 Å². The lowest BCUT2D eigenvalue weighted by atomic mass is 10.2. The molecule has 0 spiro atoms. The van der Waals surface area contributed by atoms with E-state index in [2.05, 4.69) is 10.5 Å². The maximum absolute atomic E-state index is 13.4. The Morgan fingerprint density at radius 2 is 1.84 bits per heavy atom. The van der Waals surface area contributed by atoms with E-state index in [1.165, 1.54) is 0 Å². The van der Waals surface area contributed by atoms with Gasteiger partial charge < -0.3 is 5.43 Å². The molecule has 0 aliphatic heterocycles. The Hall–Kier alpha value is -1.94. The molecule has 19 heavy (non-hydrogen) atoms. The van der Waals surface area contributed by atoms with Crippen LogP contribution in [0.25, 0.3) is 0 Å². The number of halogens is 3. The number of hydrogen-bond donors (Lipinski definition) is 1. The first-order valence-corrected chi connectivity index (χ1v) is 6.00. The summed E-state index contributed by atoms with van der Waals surface area (Å²) in [6, 6.07) is 12.6. The fourth-order valence-corrected chi connectivity index (χ4v) is 1.72. The molecular weight excluding hydrogens is 270 g/mol. The SMILES string of the molecule is Fc1ccc(F)c(/C(Cl)=N/NCc2ccccc2)c1. The van der Waals surface area contributed by atoms with Crippen LogP contribution in [0.3, 0.4) is 0 Å². The van der Waals surface area contributed by atoms with Crippen molar-refractivity contribution >= 4 is 16.8 Å². The third-order valence-electron chi connectivity index (χ3n) is 2.45. The molecular formula is C14H11ClF2N2. The molecule has 2 rings (SSSR count). The highest BCUT2D eigenvalue weighted by Gasteiger charge is 2.08. The lowest BCUT2D eigenvalue weighted by Gasteiger charge is -2.03. The van der Waals surface area contributed by atoms with E-state index in [4.69, 9.17) is 11.6 Å². The van der Waals surface area contributed by atoms with E-state index in [0.29, 0.717) is 6.54 Å². The first kappa shape index (κ1) is 13.5. The standard InChI is InChI=1S/C14H11ClF2N2/c15-14(12-8-11(16)6-7-13(12)17)19-18-9-10-4-2-1-3-5-10/h1-8,18H,9H2/b19-14-. The summed E-state index contributed by atoms with van der Waals surface area (Å²) < 4.78 is 26.4. The number of hydrazone groups is 1. The van der Waals surface area contributed by atoms with E-state index in [9.17, 15) is 8.78 Å². The second-order valence-corrected chi connectivity index (χ2v) is 4.21. The lowest BCUT2D eigenvalue weighted by Crippen LogP contribution is -2.09. The first-order valence-electron chi connectivity index (χ1n) is 5.62. The number of nitrogens with zero attached hydrogens (tertiary/aromatic N) is 1. The van der Waals surface area contributed by atoms with Crippen molar-refractivity contribution in [2.45, 2.75) is 6.54 Å². The maximum Gasteiger partial charge on any atom is 0.159 e. The average molecular weight is 281 g/mol. The molecule has 0 aromatic heterocycles. The van der Waals surface area contributed by atoms with Gasteiger partial charge in [0.05, 0.1) is 12.1 Å². The van der Waals surface area contributed by atoms with Crippen molar-refractivity contribution < 1.29 is 8.78 Å². The van der Waals surface area contributed by atoms with Gasteiger partial charge in [0.1, 0.15) is 11.6 Å². The number of benzene rings is 2. The van der Waals surface area contributed by atoms with Crippen LogP contribution in [-0.2, 0) is 6.54 Å². The fourth-order valence-electron chi connectivity index (χ4n) is 1.51. The topological polar surface area (TPSA) is 24.4 Å². The molecule has 0 saturated heterocycles. The predicted molar refractivity (Wildman–Crippen MR) is 72.0 cm³/mol. The quantitative estimate of drug-likeness (QED) is 0.671. The number of hydrogen-bond acceptors (Lipinski definition) is 2. The zero-order valence-corrected chi connectivity index (χ0v) is 10.7. The van der Waals surface area contributed by atoms with E-state index in [1.807, 2.05) is 30.3 Å². The van der Waals surface area contributed by atoms with Gasteiger partial charge in [0.2, 0.25) is 0 Å². The molecule has 1 N–H and O–H groups in total. The molecule has 2 aromatic carbocycles. The van der Waals surface area contributed by atoms with Crippen molar-refractivity contribution in [3.63, 3.8) is 0 Å². The Balaban J connectivity index is 2.05. The molecule has 0 heterocycles. The van der Waals surface area contributed by atoms with Gasteiger partial charge in [0.25, 0.3) is 0 Å². The summed E-state index contributed by atoms with van der Waals surface area (Å²) in [5.41, 5.74) is 3.66. The van der Waals surface area contributed by atoms with Crippen LogP contribution in [0.5, 0.6) is 0 Å². The summed E-state index contributed by atoms with van der Waals surface area (Å²) >= 11 is 5.83. The van der Waals surface area contributed by atoms with Gasteiger partial charge >= 0.3 is 0 Å². The van der Waals surface area contributed by atoms with Crippen LogP contribution >= 0.6 is 11.6 Å². The number of nitrogens with one attached hydrogen (secondary N) is 1. The summed E-state index contributed by atoms with van der Waals surface area (Å²) in [6.07, 6.45) is 0. The van der Waals surface area contributed by atoms with Gasteiger partial charge in [-0.3, -0.25) is 0 Å². The van der Waals surface area contributed by atoms with Crippen molar-refractivity contribution in [1.82, 2.24) is 5.43 Å². The molecule has 0 amide bonds. The molecule has 2 nitrogen and oxygen atoms in total. The highest BCUT2D eigenvalue weighted by atomic mass is 35.5. The van der Waals surface area contributed by atoms with E-state index in [0.717, 1.165) is 23.8 Å². The van der Waals surface area contributed by atoms with Crippen LogP contribution < -0.4 is 5.43 Å². The summed E-state index contributed by atoms with van der Waals surface area (Å²) in [7, 11) is 0. The summed E-state index contributed by atoms with van der Waals surface area (Å²) in [4.78, 5) is 0. The molecule has 0 atom stereocenters. The molecule has 0 saturated carbocycles. The highest BCUT2D eigenvalue weighted by Crippen LogP contribution is 2.12. The Morgan fingerprint density at radius 3 is 2.58 bits per heavy atom. The molecule has 0 aliphatic rings. The zero-order valence-electron chi connectivity index (χ0n) is 9.91. The molecule has 0 unspecified atom stereocenters. The predicted octanol–water partition coefficient (Wildman–Crippen LogP) is 3.66. The normalized spacial score (nSPS) is 11.4. The Kier molecular flexibility index (Phi) is 4.47. The molecule has 0 bridgehead atoms. The number of rotatable bonds is 4. The van der Waals surface area contributed by atoms with Gasteiger partial charge in [-0.25, -0.2) is 8.78 Å². The van der Waals surface area contributed by atoms with E-state index >= 15 is 0 Å². The van der Waals surface area contributed by atoms with Gasteiger partial charge in [-0.05, 0) is 23.8 Å². The van der Waals surface area contributed by atoms with Crippen LogP contribution in [0.1, 0.15) is 11.1 Å². The van der Waals surface area contributed by atoms with Crippen LogP contribution in [0.4, 0.5) is 8.78 Å². The summed E-state index contributed by atoms with van der Waals surface area (Å²) in [5.74, 6) is -1.18. The van der Waals surface area contributed by atoms with E-state index < -0.39 is 11.6 Å². The van der Waals surface area contributed by atoms with Gasteiger partial charge in [0, 0.05) is 0 Å². The Labute approximate surface area is 114 Å². The minimum atomic E-state index is -0.614. The summed E-state index contributed by atoms with van der Waals surface area (Å²) in [5, 5.41) is 3.70. The van der Waals surface area contributed by atoms with Gasteiger partial charge in [-0.1, -0.05) is 41.9 Å². The highest BCUT2D eigenvalue weighted by molar-refractivity contribution is 6.69. The molecule has 98 valence electrons. The first-order chi connectivity index (χ1) is 9.16. The van der Waals surface area contributed by atoms with Gasteiger partial charge in [-0.2, -0.15) is 5.10 Å². The molecule has 0 aliphatic carbocycles. The second-order valence-electron chi connectivity index (χ2n) is 3.85. The van der Waals surface area contributed by atoms with Crippen molar-refractivity contribution in [2.24, 2.45) is 5.10 Å². The Morgan fingerprint density at radius 1 is 1.11 bits per heavy atom. The van der Waals surface area contributed by atoms with Gasteiger partial charge in [-0.15, -0.1) is 0 Å². The minimum absolute atomic E-state index is 0.0674. The maximum atomic E-state index is 13.4. The van der Waals surface area contributed by atoms with Crippen molar-refractivity contribution in [3.05, 3.63) is 71.3 Å². The fraction of sp³-hybridized carbons (Fsp3) is 0.0714. The van der Waals surface area contributed by atoms with E-state index in [1.54, 1.807) is 0 Å². The lowest BCUT2D eigenvalue weighted by molar-refractivity contribution is 0.598. The van der Waals surface area contributed by atoms with Crippen LogP contribution in [0.2, 0.25) is 0 Å². The largest absolute Gasteiger partial charge is 0.304 e. The second kappa shape index (κ2) is 6.29. The van der Waals surface area contributed by atoms with Crippen molar-refractivity contribution in [3.8, 4) is 0 Å². The smallest absolute Gasteiger partial charge is 0.159 e. The molecule has 0 fully saturated rings. The molecule has 2 aromatic rings. The average Bonchev–Trinajstić information content (AvgIpc) is 2.42. The minimum Gasteiger partial charge on any atom is -0.304 e. The summed E-state index contributed by atoms with van der Waals surface area (Å²) in [6.45, 7) is 0.452. The van der Waals surface area contributed by atoms with Crippen LogP contribution in [0, 0.1) is 11.6 Å². The van der Waals surface area contributed by atoms with Crippen LogP contribution in [-0.4, -0.2) is 5.17 Å². The van der Waals surface area contributed by atoms with Gasteiger partial charge in [0.15, 0.2) is 5.17 Å². The van der Waals surface area contributed by atoms with Crippen molar-refractivity contribution in [1.29, 1.82) is 0 Å².